The van der Waals surface area contributed by atoms with E-state index < -0.39 is 29.8 Å². The van der Waals surface area contributed by atoms with E-state index in [1.165, 1.54) is 51.4 Å². The van der Waals surface area contributed by atoms with E-state index in [1.54, 1.807) is 13.8 Å². The van der Waals surface area contributed by atoms with Crippen molar-refractivity contribution in [3.05, 3.63) is 0 Å². The highest BCUT2D eigenvalue weighted by Gasteiger charge is 2.25. The summed E-state index contributed by atoms with van der Waals surface area (Å²) in [5, 5.41) is 24.4. The van der Waals surface area contributed by atoms with Crippen LogP contribution in [0.4, 0.5) is 0 Å². The average molecular weight is 807 g/mol. The fourth-order valence-electron chi connectivity index (χ4n) is 6.87. The quantitative estimate of drug-likeness (QED) is 0.0432. The number of rotatable bonds is 41. The Labute approximate surface area is 343 Å². The molecule has 0 fully saturated rings. The molecule has 0 rings (SSSR count). The average Bonchev–Trinajstić information content (AvgIpc) is 3.15. The Kier molecular flexibility index (Phi) is 33.5. The summed E-state index contributed by atoms with van der Waals surface area (Å²) in [6.45, 7) is 5.72. The van der Waals surface area contributed by atoms with Crippen LogP contribution in [0.15, 0.2) is 0 Å². The Morgan fingerprint density at radius 3 is 1.47 bits per heavy atom. The number of carbonyl (C=O) groups is 8. The molecule has 0 spiro atoms. The van der Waals surface area contributed by atoms with Gasteiger partial charge in [0.15, 0.2) is 5.78 Å². The number of hydrogen-bond acceptors (Lipinski definition) is 8. The molecule has 12 heteroatoms. The smallest absolute Gasteiger partial charge is 0.306 e. The van der Waals surface area contributed by atoms with Gasteiger partial charge in [-0.25, -0.2) is 0 Å². The molecule has 0 aromatic carbocycles. The molecule has 328 valence electrons. The number of amides is 2. The summed E-state index contributed by atoms with van der Waals surface area (Å²) in [5.41, 5.74) is 0. The van der Waals surface area contributed by atoms with Crippen molar-refractivity contribution in [2.75, 3.05) is 6.54 Å². The molecule has 0 radical (unpaired) electrons. The molecule has 4 N–H and O–H groups in total. The molecule has 0 aliphatic heterocycles. The third kappa shape index (κ3) is 34.3. The van der Waals surface area contributed by atoms with Crippen LogP contribution in [0, 0.1) is 11.8 Å². The number of nitrogens with one attached hydrogen (secondary N) is 2. The minimum Gasteiger partial charge on any atom is -0.481 e. The molecule has 2 unspecified atom stereocenters. The van der Waals surface area contributed by atoms with Crippen LogP contribution in [0.3, 0.4) is 0 Å². The molecular weight excluding hydrogens is 728 g/mol. The van der Waals surface area contributed by atoms with Crippen molar-refractivity contribution >= 4 is 46.9 Å². The van der Waals surface area contributed by atoms with E-state index in [2.05, 4.69) is 10.6 Å². The molecule has 0 saturated carbocycles. The lowest BCUT2D eigenvalue weighted by Gasteiger charge is -2.18. The standard InChI is InChI=1S/C45H78N2O10/c1-35(37(3)49)24-22-23-33-46-42(52)28-21-17-16-20-27-41(51)40(30-32-44(54)55)47-43(53)31-29-38(45(56)57)34-39(50)26-19-15-13-11-9-7-5-4-6-8-10-12-14-18-25-36(2)48/h35,38,40H,4-34H2,1-3H3,(H,46,52)(H,47,53)(H,54,55)(H,56,57)/t35-,38?,40?/m0/s1. The van der Waals surface area contributed by atoms with Crippen LogP contribution in [0.2, 0.25) is 0 Å². The first-order chi connectivity index (χ1) is 27.2. The van der Waals surface area contributed by atoms with Crippen molar-refractivity contribution in [2.45, 2.75) is 219 Å². The summed E-state index contributed by atoms with van der Waals surface area (Å²) in [6, 6.07) is -0.992. The van der Waals surface area contributed by atoms with Gasteiger partial charge < -0.3 is 25.6 Å². The van der Waals surface area contributed by atoms with Gasteiger partial charge in [-0.3, -0.25) is 33.6 Å². The minimum atomic E-state index is -1.15. The lowest BCUT2D eigenvalue weighted by molar-refractivity contribution is -0.144. The Hall–Kier alpha value is -3.44. The predicted octanol–water partition coefficient (Wildman–Crippen LogP) is 9.03. The van der Waals surface area contributed by atoms with Crippen molar-refractivity contribution in [1.29, 1.82) is 0 Å². The molecule has 0 aromatic heterocycles. The van der Waals surface area contributed by atoms with Crippen molar-refractivity contribution < 1.29 is 48.6 Å². The van der Waals surface area contributed by atoms with E-state index >= 15 is 0 Å². The van der Waals surface area contributed by atoms with Crippen LogP contribution in [-0.4, -0.2) is 69.7 Å². The normalized spacial score (nSPS) is 12.7. The maximum absolute atomic E-state index is 12.9. The van der Waals surface area contributed by atoms with Crippen LogP contribution in [0.1, 0.15) is 213 Å². The van der Waals surface area contributed by atoms with E-state index in [4.69, 9.17) is 5.11 Å². The van der Waals surface area contributed by atoms with Crippen molar-refractivity contribution in [3.63, 3.8) is 0 Å². The van der Waals surface area contributed by atoms with Gasteiger partial charge in [0, 0.05) is 57.4 Å². The lowest BCUT2D eigenvalue weighted by Crippen LogP contribution is -2.41. The third-order valence-electron chi connectivity index (χ3n) is 10.8. The zero-order chi connectivity index (χ0) is 42.7. The number of unbranched alkanes of at least 4 members (excludes halogenated alkanes) is 17. The number of carboxylic acids is 2. The number of carboxylic acid groups (broad SMARTS) is 2. The molecule has 0 heterocycles. The first-order valence-electron chi connectivity index (χ1n) is 22.3. The van der Waals surface area contributed by atoms with Crippen LogP contribution in [0.25, 0.3) is 0 Å². The second kappa shape index (κ2) is 35.7. The number of aliphatic carboxylic acids is 2. The Morgan fingerprint density at radius 2 is 0.982 bits per heavy atom. The highest BCUT2D eigenvalue weighted by Crippen LogP contribution is 2.18. The van der Waals surface area contributed by atoms with E-state index in [-0.39, 0.29) is 73.5 Å². The summed E-state index contributed by atoms with van der Waals surface area (Å²) in [7, 11) is 0. The first-order valence-corrected chi connectivity index (χ1v) is 22.3. The van der Waals surface area contributed by atoms with Crippen LogP contribution in [0.5, 0.6) is 0 Å². The summed E-state index contributed by atoms with van der Waals surface area (Å²) < 4.78 is 0. The predicted molar refractivity (Wildman–Crippen MR) is 223 cm³/mol. The zero-order valence-electron chi connectivity index (χ0n) is 35.8. The Morgan fingerprint density at radius 1 is 0.491 bits per heavy atom. The Bertz CT molecular complexity index is 1190. The van der Waals surface area contributed by atoms with Crippen LogP contribution >= 0.6 is 0 Å². The van der Waals surface area contributed by atoms with Gasteiger partial charge in [-0.2, -0.15) is 0 Å². The number of Topliss-reactive ketones (excluding diaryl/α,β-unsaturated/α-hetero) is 4. The summed E-state index contributed by atoms with van der Waals surface area (Å²) in [4.78, 5) is 95.7. The first kappa shape index (κ1) is 53.6. The summed E-state index contributed by atoms with van der Waals surface area (Å²) in [6.07, 6.45) is 21.8. The van der Waals surface area contributed by atoms with Gasteiger partial charge in [-0.15, -0.1) is 0 Å². The van der Waals surface area contributed by atoms with Gasteiger partial charge >= 0.3 is 11.9 Å². The Balaban J connectivity index is 4.26. The van der Waals surface area contributed by atoms with Crippen molar-refractivity contribution in [3.8, 4) is 0 Å². The second-order valence-corrected chi connectivity index (χ2v) is 16.3. The van der Waals surface area contributed by atoms with Gasteiger partial charge in [0.25, 0.3) is 0 Å². The van der Waals surface area contributed by atoms with E-state index in [0.717, 1.165) is 57.8 Å². The SMILES string of the molecule is CC(=O)CCCCCCCCCCCCCCCCC(=O)CC(CCC(=O)NC(CCC(=O)O)C(=O)CCCCCCC(=O)NCCCC[C@H](C)C(C)=O)C(=O)O. The molecule has 0 aliphatic rings. The van der Waals surface area contributed by atoms with Crippen LogP contribution in [-0.2, 0) is 38.4 Å². The molecule has 12 nitrogen and oxygen atoms in total. The zero-order valence-corrected chi connectivity index (χ0v) is 35.8. The molecule has 2 amide bonds. The van der Waals surface area contributed by atoms with E-state index in [9.17, 15) is 43.5 Å². The molecule has 0 aliphatic carbocycles. The van der Waals surface area contributed by atoms with Crippen molar-refractivity contribution in [2.24, 2.45) is 11.8 Å². The molecule has 57 heavy (non-hydrogen) atoms. The van der Waals surface area contributed by atoms with Gasteiger partial charge in [-0.1, -0.05) is 103 Å². The van der Waals surface area contributed by atoms with E-state index in [1.807, 2.05) is 6.92 Å². The maximum atomic E-state index is 12.9. The highest BCUT2D eigenvalue weighted by atomic mass is 16.4. The van der Waals surface area contributed by atoms with E-state index in [0.29, 0.717) is 51.5 Å². The molecular formula is C45H78N2O10. The van der Waals surface area contributed by atoms with Crippen LogP contribution < -0.4 is 10.6 Å². The number of ketones is 4. The number of carbonyl (C=O) groups excluding carboxylic acids is 6. The van der Waals surface area contributed by atoms with Crippen molar-refractivity contribution in [1.82, 2.24) is 10.6 Å². The monoisotopic (exact) mass is 807 g/mol. The minimum absolute atomic E-state index is 0.0306. The topological polar surface area (TPSA) is 201 Å². The molecule has 0 bridgehead atoms. The highest BCUT2D eigenvalue weighted by molar-refractivity contribution is 5.90. The number of hydrogen-bond donors (Lipinski definition) is 4. The second-order valence-electron chi connectivity index (χ2n) is 16.3. The fraction of sp³-hybridized carbons (Fsp3) is 0.822. The lowest BCUT2D eigenvalue weighted by atomic mass is 9.94. The molecule has 3 atom stereocenters. The third-order valence-corrected chi connectivity index (χ3v) is 10.8. The summed E-state index contributed by atoms with van der Waals surface area (Å²) >= 11 is 0. The maximum Gasteiger partial charge on any atom is 0.306 e. The molecule has 0 aromatic rings. The van der Waals surface area contributed by atoms with Gasteiger partial charge in [0.05, 0.1) is 12.0 Å². The fourth-order valence-corrected chi connectivity index (χ4v) is 6.87. The molecule has 0 saturated heterocycles. The van der Waals surface area contributed by atoms with Gasteiger partial charge in [0.2, 0.25) is 11.8 Å². The largest absolute Gasteiger partial charge is 0.481 e. The van der Waals surface area contributed by atoms with Gasteiger partial charge in [0.1, 0.15) is 17.3 Å². The van der Waals surface area contributed by atoms with Gasteiger partial charge in [-0.05, 0) is 65.2 Å². The summed E-state index contributed by atoms with van der Waals surface area (Å²) in [5.74, 6) is -3.75.